The number of carboxylic acid groups (broad SMARTS) is 2. The van der Waals surface area contributed by atoms with Gasteiger partial charge in [-0.1, -0.05) is 18.2 Å². The lowest BCUT2D eigenvalue weighted by Gasteiger charge is -2.52. The number of likely N-dealkylation sites (tertiary alicyclic amines) is 1. The summed E-state index contributed by atoms with van der Waals surface area (Å²) in [6.45, 7) is 3.28. The van der Waals surface area contributed by atoms with Crippen LogP contribution < -0.4 is 0 Å². The van der Waals surface area contributed by atoms with Crippen LogP contribution in [0, 0.1) is 5.92 Å². The van der Waals surface area contributed by atoms with Crippen LogP contribution in [0.1, 0.15) is 23.2 Å². The van der Waals surface area contributed by atoms with Crippen molar-refractivity contribution in [2.45, 2.75) is 30.8 Å². The number of aliphatic carboxylic acids is 2. The Hall–Kier alpha value is -3.46. The lowest BCUT2D eigenvalue weighted by molar-refractivity contribution is -0.193. The monoisotopic (exact) mass is 567 g/mol. The van der Waals surface area contributed by atoms with Gasteiger partial charge in [0.1, 0.15) is 5.60 Å². The molecule has 216 valence electrons. The Labute approximate surface area is 219 Å². The van der Waals surface area contributed by atoms with Crippen molar-refractivity contribution in [3.63, 3.8) is 0 Å². The average molecular weight is 567 g/mol. The van der Waals surface area contributed by atoms with Gasteiger partial charge in [-0.15, -0.1) is 0 Å². The fourth-order valence-electron chi connectivity index (χ4n) is 3.99. The van der Waals surface area contributed by atoms with Crippen molar-refractivity contribution in [2.24, 2.45) is 5.92 Å². The van der Waals surface area contributed by atoms with Gasteiger partial charge >= 0.3 is 24.3 Å². The molecule has 0 saturated carbocycles. The van der Waals surface area contributed by atoms with Crippen LogP contribution in [0.4, 0.5) is 26.3 Å². The zero-order valence-corrected chi connectivity index (χ0v) is 20.9. The van der Waals surface area contributed by atoms with Gasteiger partial charge < -0.3 is 24.7 Å². The molecule has 3 heterocycles. The second kappa shape index (κ2) is 12.6. The summed E-state index contributed by atoms with van der Waals surface area (Å²) in [5.41, 5.74) is 1.47. The molecule has 1 unspecified atom stereocenters. The fourth-order valence-corrected chi connectivity index (χ4v) is 3.99. The molecule has 1 aromatic heterocycles. The van der Waals surface area contributed by atoms with Crippen molar-refractivity contribution in [1.29, 1.82) is 0 Å². The number of halogens is 6. The van der Waals surface area contributed by atoms with Crippen molar-refractivity contribution < 1.29 is 55.7 Å². The smallest absolute Gasteiger partial charge is 0.475 e. The number of benzene rings is 1. The normalized spacial score (nSPS) is 18.4. The molecule has 15 heteroatoms. The van der Waals surface area contributed by atoms with Gasteiger partial charge in [-0.05, 0) is 45.0 Å². The molecular formula is C24H27F6N3O6. The Morgan fingerprint density at radius 3 is 2.05 bits per heavy atom. The van der Waals surface area contributed by atoms with E-state index in [9.17, 15) is 31.1 Å². The number of amides is 1. The molecule has 2 aromatic rings. The van der Waals surface area contributed by atoms with Gasteiger partial charge in [-0.25, -0.2) is 9.59 Å². The summed E-state index contributed by atoms with van der Waals surface area (Å²) in [6, 6.07) is 9.81. The maximum absolute atomic E-state index is 12.7. The molecule has 1 atom stereocenters. The predicted molar refractivity (Wildman–Crippen MR) is 125 cm³/mol. The molecule has 1 aromatic carbocycles. The van der Waals surface area contributed by atoms with E-state index in [2.05, 4.69) is 24.0 Å². The summed E-state index contributed by atoms with van der Waals surface area (Å²) < 4.78 is 69.6. The summed E-state index contributed by atoms with van der Waals surface area (Å²) in [5, 5.41) is 15.3. The Bertz CT molecular complexity index is 1130. The van der Waals surface area contributed by atoms with Crippen molar-refractivity contribution >= 4 is 28.7 Å². The van der Waals surface area contributed by atoms with Crippen LogP contribution in [-0.4, -0.2) is 101 Å². The van der Waals surface area contributed by atoms with Crippen LogP contribution in [0.3, 0.4) is 0 Å². The number of carbonyl (C=O) groups excluding carboxylic acids is 1. The summed E-state index contributed by atoms with van der Waals surface area (Å²) in [6.07, 6.45) is -6.26. The van der Waals surface area contributed by atoms with Gasteiger partial charge in [-0.2, -0.15) is 26.3 Å². The zero-order chi connectivity index (χ0) is 29.6. The number of alkyl halides is 6. The summed E-state index contributed by atoms with van der Waals surface area (Å²) in [5.74, 6) is -4.85. The highest BCUT2D eigenvalue weighted by Gasteiger charge is 2.48. The van der Waals surface area contributed by atoms with Crippen molar-refractivity contribution in [3.05, 3.63) is 42.1 Å². The third-order valence-electron chi connectivity index (χ3n) is 5.82. The molecule has 1 spiro atoms. The van der Waals surface area contributed by atoms with Crippen LogP contribution in [0.5, 0.6) is 0 Å². The number of aromatic nitrogens is 1. The Kier molecular flexibility index (Phi) is 10.3. The first-order chi connectivity index (χ1) is 17.9. The molecule has 0 bridgehead atoms. The van der Waals surface area contributed by atoms with E-state index in [0.29, 0.717) is 24.6 Å². The molecule has 2 aliphatic rings. The number of hydrogen-bond acceptors (Lipinski definition) is 6. The highest BCUT2D eigenvalue weighted by molar-refractivity contribution is 5.97. The molecule has 2 fully saturated rings. The minimum atomic E-state index is -5.08. The first-order valence-electron chi connectivity index (χ1n) is 11.5. The van der Waals surface area contributed by atoms with Crippen LogP contribution in [0.15, 0.2) is 36.5 Å². The Morgan fingerprint density at radius 2 is 1.59 bits per heavy atom. The second-order valence-electron chi connectivity index (χ2n) is 9.34. The number of carboxylic acids is 2. The first kappa shape index (κ1) is 31.8. The van der Waals surface area contributed by atoms with Crippen molar-refractivity contribution in [1.82, 2.24) is 14.8 Å². The zero-order valence-electron chi connectivity index (χ0n) is 20.9. The van der Waals surface area contributed by atoms with E-state index in [1.165, 1.54) is 6.42 Å². The number of nitrogens with zero attached hydrogens (tertiary/aromatic N) is 3. The molecule has 4 rings (SSSR count). The quantitative estimate of drug-likeness (QED) is 0.539. The molecule has 0 aliphatic carbocycles. The van der Waals surface area contributed by atoms with Crippen LogP contribution >= 0.6 is 0 Å². The van der Waals surface area contributed by atoms with Gasteiger partial charge in [0.25, 0.3) is 5.91 Å². The number of para-hydroxylation sites is 1. The van der Waals surface area contributed by atoms with E-state index >= 15 is 0 Å². The average Bonchev–Trinajstić information content (AvgIpc) is 2.82. The number of fused-ring (bicyclic) bond motifs is 1. The van der Waals surface area contributed by atoms with Gasteiger partial charge in [-0.3, -0.25) is 9.78 Å². The fraction of sp³-hybridized carbons (Fsp3) is 0.500. The Balaban J connectivity index is 0.000000317. The molecule has 0 radical (unpaired) electrons. The van der Waals surface area contributed by atoms with E-state index in [0.717, 1.165) is 30.5 Å². The molecule has 39 heavy (non-hydrogen) atoms. The van der Waals surface area contributed by atoms with Gasteiger partial charge in [0.15, 0.2) is 0 Å². The SMILES string of the molecule is CN(C)CC1CCC2(CN(C(=O)c3cnc4ccccc4c3)C2)OC1.O=C(O)C(F)(F)F.O=C(O)C(F)(F)F. The molecule has 9 nitrogen and oxygen atoms in total. The van der Waals surface area contributed by atoms with Gasteiger partial charge in [0.2, 0.25) is 0 Å². The predicted octanol–water partition coefficient (Wildman–Crippen LogP) is 3.68. The third kappa shape index (κ3) is 9.35. The Morgan fingerprint density at radius 1 is 1.05 bits per heavy atom. The second-order valence-corrected chi connectivity index (χ2v) is 9.34. The molecule has 2 N–H and O–H groups in total. The summed E-state index contributed by atoms with van der Waals surface area (Å²) >= 11 is 0. The summed E-state index contributed by atoms with van der Waals surface area (Å²) in [4.78, 5) is 39.0. The minimum Gasteiger partial charge on any atom is -0.475 e. The molecule has 2 saturated heterocycles. The minimum absolute atomic E-state index is 0.0582. The van der Waals surface area contributed by atoms with Crippen molar-refractivity contribution in [3.8, 4) is 0 Å². The summed E-state index contributed by atoms with van der Waals surface area (Å²) in [7, 11) is 4.21. The standard InChI is InChI=1S/C20H25N3O2.2C2HF3O2/c1-22(2)11-15-7-8-20(25-12-15)13-23(14-20)19(24)17-9-16-5-3-4-6-18(16)21-10-17;2*3-2(4,5)1(6)7/h3-6,9-10,15H,7-8,11-14H2,1-2H3;2*(H,6,7). The van der Waals surface area contributed by atoms with Crippen LogP contribution in [-0.2, 0) is 14.3 Å². The van der Waals surface area contributed by atoms with Crippen LogP contribution in [0.2, 0.25) is 0 Å². The first-order valence-corrected chi connectivity index (χ1v) is 11.5. The van der Waals surface area contributed by atoms with Crippen LogP contribution in [0.25, 0.3) is 10.9 Å². The maximum Gasteiger partial charge on any atom is 0.490 e. The number of rotatable bonds is 3. The highest BCUT2D eigenvalue weighted by Crippen LogP contribution is 2.37. The molecular weight excluding hydrogens is 540 g/mol. The van der Waals surface area contributed by atoms with Gasteiger partial charge in [0, 0.05) is 18.1 Å². The van der Waals surface area contributed by atoms with E-state index < -0.39 is 24.3 Å². The number of hydrogen-bond donors (Lipinski definition) is 2. The lowest BCUT2D eigenvalue weighted by Crippen LogP contribution is -2.66. The lowest BCUT2D eigenvalue weighted by atomic mass is 9.82. The number of pyridine rings is 1. The van der Waals surface area contributed by atoms with Gasteiger partial charge in [0.05, 0.1) is 30.8 Å². The van der Waals surface area contributed by atoms with Crippen molar-refractivity contribution in [2.75, 3.05) is 40.3 Å². The largest absolute Gasteiger partial charge is 0.490 e. The van der Waals surface area contributed by atoms with E-state index in [4.69, 9.17) is 24.5 Å². The van der Waals surface area contributed by atoms with E-state index in [1.54, 1.807) is 6.20 Å². The van der Waals surface area contributed by atoms with E-state index in [1.807, 2.05) is 35.2 Å². The topological polar surface area (TPSA) is 120 Å². The van der Waals surface area contributed by atoms with E-state index in [-0.39, 0.29) is 11.5 Å². The molecule has 2 aliphatic heterocycles. The molecule has 1 amide bonds. The third-order valence-corrected chi connectivity index (χ3v) is 5.82. The number of carbonyl (C=O) groups is 3. The maximum atomic E-state index is 12.7. The highest BCUT2D eigenvalue weighted by atomic mass is 19.4. The number of ether oxygens (including phenoxy) is 1.